The van der Waals surface area contributed by atoms with Crippen LogP contribution >= 0.6 is 15.8 Å². The van der Waals surface area contributed by atoms with Gasteiger partial charge in [-0.25, -0.2) is 0 Å². The van der Waals surface area contributed by atoms with Crippen LogP contribution in [0.15, 0.2) is 72.8 Å². The van der Waals surface area contributed by atoms with Crippen LogP contribution in [-0.2, 0) is 43.3 Å². The monoisotopic (exact) mass is 1230 g/mol. The predicted octanol–water partition coefficient (Wildman–Crippen LogP) is 18.3. The first-order valence-corrected chi connectivity index (χ1v) is 34.3. The molecule has 2 aliphatic rings. The van der Waals surface area contributed by atoms with Crippen molar-refractivity contribution in [2.45, 2.75) is 249 Å². The summed E-state index contributed by atoms with van der Waals surface area (Å²) >= 11 is 0. The van der Waals surface area contributed by atoms with Gasteiger partial charge in [0.05, 0.1) is 28.4 Å². The molecule has 6 aromatic rings. The molecule has 478 valence electrons. The molecule has 0 aromatic heterocycles. The van der Waals surface area contributed by atoms with Gasteiger partial charge in [0.15, 0.2) is 23.0 Å². The fraction of sp³-hybridized carbons (Fsp3) is 0.538. The van der Waals surface area contributed by atoms with E-state index in [9.17, 15) is 0 Å². The molecule has 10 heteroatoms. The predicted molar refractivity (Wildman–Crippen MR) is 376 cm³/mol. The Morgan fingerprint density at radius 2 is 0.466 bits per heavy atom. The number of methoxy groups -OCH3 is 4. The van der Waals surface area contributed by atoms with Gasteiger partial charge in [-0.2, -0.15) is 0 Å². The number of hydrogen-bond donors (Lipinski definition) is 0. The summed E-state index contributed by atoms with van der Waals surface area (Å²) in [4.78, 5) is 0. The molecule has 2 heterocycles. The van der Waals surface area contributed by atoms with Crippen LogP contribution in [0.5, 0.6) is 46.0 Å². The van der Waals surface area contributed by atoms with E-state index in [1.54, 1.807) is 0 Å². The van der Waals surface area contributed by atoms with Gasteiger partial charge in [0.25, 0.3) is 0 Å². The van der Waals surface area contributed by atoms with E-state index in [0.717, 1.165) is 89.2 Å². The molecular formula is C78H108O8P2. The molecule has 0 radical (unpaired) electrons. The zero-order chi connectivity index (χ0) is 66.2. The number of hydrogen-bond acceptors (Lipinski definition) is 8. The highest BCUT2D eigenvalue weighted by atomic mass is 31.1. The van der Waals surface area contributed by atoms with Gasteiger partial charge in [0.2, 0.25) is 11.6 Å². The van der Waals surface area contributed by atoms with E-state index in [-0.39, 0.29) is 43.3 Å². The molecule has 8 rings (SSSR count). The van der Waals surface area contributed by atoms with Crippen molar-refractivity contribution in [3.63, 3.8) is 0 Å². The molecule has 0 bridgehead atoms. The maximum absolute atomic E-state index is 7.43. The Labute approximate surface area is 534 Å². The number of fused-ring (bicyclic) bond motifs is 2. The lowest BCUT2D eigenvalue weighted by atomic mass is 9.79. The van der Waals surface area contributed by atoms with Crippen LogP contribution in [0.1, 0.15) is 238 Å². The Morgan fingerprint density at radius 3 is 0.625 bits per heavy atom. The minimum atomic E-state index is -1.55. The Hall–Kier alpha value is -5.42. The largest absolute Gasteiger partial charge is 0.496 e. The Kier molecular flexibility index (Phi) is 17.7. The maximum Gasteiger partial charge on any atom is 0.246 e. The van der Waals surface area contributed by atoms with Crippen molar-refractivity contribution >= 4 is 47.7 Å². The summed E-state index contributed by atoms with van der Waals surface area (Å²) < 4.78 is 55.0. The van der Waals surface area contributed by atoms with E-state index in [2.05, 4.69) is 239 Å². The van der Waals surface area contributed by atoms with Crippen molar-refractivity contribution in [1.82, 2.24) is 0 Å². The lowest BCUT2D eigenvalue weighted by Crippen LogP contribution is -2.32. The molecule has 0 saturated heterocycles. The molecule has 2 aliphatic heterocycles. The highest BCUT2D eigenvalue weighted by Gasteiger charge is 2.45. The van der Waals surface area contributed by atoms with Crippen molar-refractivity contribution in [1.29, 1.82) is 0 Å². The zero-order valence-electron chi connectivity index (χ0n) is 60.1. The normalized spacial score (nSPS) is 15.3. The average Bonchev–Trinajstić information content (AvgIpc) is 1.31. The van der Waals surface area contributed by atoms with Crippen LogP contribution in [-0.4, -0.2) is 40.0 Å². The van der Waals surface area contributed by atoms with Gasteiger partial charge >= 0.3 is 0 Å². The lowest BCUT2D eigenvalue weighted by Gasteiger charge is -2.35. The lowest BCUT2D eigenvalue weighted by molar-refractivity contribution is -0.0442. The molecule has 0 amide bonds. The van der Waals surface area contributed by atoms with Crippen molar-refractivity contribution < 1.29 is 37.9 Å². The van der Waals surface area contributed by atoms with Crippen LogP contribution < -0.4 is 69.7 Å². The second-order valence-electron chi connectivity index (χ2n) is 33.7. The molecule has 0 atom stereocenters. The summed E-state index contributed by atoms with van der Waals surface area (Å²) in [5, 5.41) is 6.91. The molecule has 0 fully saturated rings. The molecule has 8 nitrogen and oxygen atoms in total. The summed E-state index contributed by atoms with van der Waals surface area (Å²) in [6, 6.07) is 28.5. The van der Waals surface area contributed by atoms with Gasteiger partial charge in [0.1, 0.15) is 23.0 Å². The van der Waals surface area contributed by atoms with Gasteiger partial charge < -0.3 is 37.9 Å². The third-order valence-corrected chi connectivity index (χ3v) is 21.8. The second kappa shape index (κ2) is 22.8. The van der Waals surface area contributed by atoms with E-state index in [0.29, 0.717) is 23.0 Å². The van der Waals surface area contributed by atoms with E-state index in [1.807, 2.05) is 56.1 Å². The van der Waals surface area contributed by atoms with Gasteiger partial charge in [-0.1, -0.05) is 166 Å². The van der Waals surface area contributed by atoms with Crippen molar-refractivity contribution in [2.75, 3.05) is 28.4 Å². The molecule has 0 N–H and O–H groups in total. The fourth-order valence-electron chi connectivity index (χ4n) is 12.6. The number of benzene rings is 6. The zero-order valence-corrected chi connectivity index (χ0v) is 61.9. The van der Waals surface area contributed by atoms with E-state index in [1.165, 1.54) is 21.2 Å². The quantitative estimate of drug-likeness (QED) is 0.119. The summed E-state index contributed by atoms with van der Waals surface area (Å²) in [5.41, 5.74) is 8.55. The summed E-state index contributed by atoms with van der Waals surface area (Å²) in [5.74, 6) is 4.28. The van der Waals surface area contributed by atoms with Gasteiger partial charge in [-0.05, 0) is 164 Å². The highest BCUT2D eigenvalue weighted by molar-refractivity contribution is 7.81. The molecule has 0 saturated carbocycles. The molecule has 6 aromatic carbocycles. The standard InChI is InChI=1S/C78H108O8P2/c1-69(2,3)49-37-45(38-50(63(49)79-29)70(4,5)6)87(46-39-51(71(7,8)9)64(80-30)52(40-46)72(10,11)12)59-35-33-57-67(85-77(25,26)83-57)61(59)62-60(36-34-58-68(62)86-78(27,28)84-58)88(47-41-53(73(13,14)15)65(81-31)54(42-47)74(16,17)18)48-43-55(75(19,20)21)66(82-32)56(44-48)76(22,23)24/h33-44H,1-32H3. The fourth-order valence-corrected chi connectivity index (χ4v) is 17.6. The van der Waals surface area contributed by atoms with Gasteiger partial charge in [0, 0.05) is 83.3 Å². The Bertz CT molecular complexity index is 3110. The molecule has 0 aliphatic carbocycles. The van der Waals surface area contributed by atoms with E-state index >= 15 is 0 Å². The summed E-state index contributed by atoms with van der Waals surface area (Å²) in [6.07, 6.45) is 0. The smallest absolute Gasteiger partial charge is 0.246 e. The van der Waals surface area contributed by atoms with Crippen LogP contribution in [0.25, 0.3) is 11.1 Å². The highest BCUT2D eigenvalue weighted by Crippen LogP contribution is 2.59. The van der Waals surface area contributed by atoms with Crippen LogP contribution in [0, 0.1) is 0 Å². The Balaban J connectivity index is 1.72. The molecule has 0 unspecified atom stereocenters. The van der Waals surface area contributed by atoms with Crippen molar-refractivity contribution in [2.24, 2.45) is 0 Å². The molecule has 0 spiro atoms. The number of ether oxygens (including phenoxy) is 8. The maximum atomic E-state index is 7.43. The van der Waals surface area contributed by atoms with Gasteiger partial charge in [-0.3, -0.25) is 0 Å². The SMILES string of the molecule is COc1c(C(C)(C)C)cc(P(c2cc(C(C)(C)C)c(OC)c(C(C)(C)C)c2)c2ccc3c(c2-c2c(P(c4cc(C(C)(C)C)c(OC)c(C(C)(C)C)c4)c4cc(C(C)(C)C)c(OC)c(C(C)(C)C)c4)ccc4c2OC(C)(C)O4)OC(C)(C)O3)cc1C(C)(C)C. The number of rotatable bonds is 11. The van der Waals surface area contributed by atoms with Crippen molar-refractivity contribution in [3.05, 3.63) is 117 Å². The molecule has 88 heavy (non-hydrogen) atoms. The van der Waals surface area contributed by atoms with E-state index in [4.69, 9.17) is 37.9 Å². The Morgan fingerprint density at radius 1 is 0.284 bits per heavy atom. The molecular weight excluding hydrogens is 1130 g/mol. The van der Waals surface area contributed by atoms with Crippen LogP contribution in [0.4, 0.5) is 0 Å². The third kappa shape index (κ3) is 13.2. The minimum absolute atomic E-state index is 0.302. The van der Waals surface area contributed by atoms with E-state index < -0.39 is 27.4 Å². The second-order valence-corrected chi connectivity index (χ2v) is 38.1. The van der Waals surface area contributed by atoms with Crippen LogP contribution in [0.2, 0.25) is 0 Å². The van der Waals surface area contributed by atoms with Crippen molar-refractivity contribution in [3.8, 4) is 57.1 Å². The first kappa shape index (κ1) is 68.5. The van der Waals surface area contributed by atoms with Crippen LogP contribution in [0.3, 0.4) is 0 Å². The van der Waals surface area contributed by atoms with Gasteiger partial charge in [-0.15, -0.1) is 0 Å². The topological polar surface area (TPSA) is 73.8 Å². The first-order valence-electron chi connectivity index (χ1n) is 31.6. The summed E-state index contributed by atoms with van der Waals surface area (Å²) in [7, 11) is 4.19. The first-order chi connectivity index (χ1) is 40.0. The average molecular weight is 1240 g/mol. The third-order valence-electron chi connectivity index (χ3n) is 16.9. The minimum Gasteiger partial charge on any atom is -0.496 e. The summed E-state index contributed by atoms with van der Waals surface area (Å²) in [6.45, 7) is 63.2.